The van der Waals surface area contributed by atoms with Gasteiger partial charge in [0.25, 0.3) is 0 Å². The van der Waals surface area contributed by atoms with E-state index in [-0.39, 0.29) is 6.61 Å². The van der Waals surface area contributed by atoms with Crippen LogP contribution in [0.3, 0.4) is 0 Å². The largest absolute Gasteiger partial charge is 0.445 e. The van der Waals surface area contributed by atoms with E-state index >= 15 is 0 Å². The zero-order valence-electron chi connectivity index (χ0n) is 13.7. The van der Waals surface area contributed by atoms with Crippen LogP contribution in [0, 0.1) is 0 Å². The molecule has 0 radical (unpaired) electrons. The molecule has 0 fully saturated rings. The first-order valence-electron chi connectivity index (χ1n) is 7.62. The molecule has 1 amide bonds. The van der Waals surface area contributed by atoms with Gasteiger partial charge in [0.05, 0.1) is 13.2 Å². The molecule has 1 aromatic rings. The molecule has 6 N–H and O–H groups in total. The van der Waals surface area contributed by atoms with Crippen molar-refractivity contribution in [1.82, 2.24) is 5.32 Å². The smallest absolute Gasteiger partial charge is 0.407 e. The fraction of sp³-hybridized carbons (Fsp3) is 0.438. The number of amides is 1. The molecule has 0 spiro atoms. The van der Waals surface area contributed by atoms with Gasteiger partial charge in [-0.05, 0) is 5.56 Å². The predicted molar refractivity (Wildman–Crippen MR) is 85.8 cm³/mol. The molecule has 0 aromatic heterocycles. The van der Waals surface area contributed by atoms with Gasteiger partial charge in [-0.1, -0.05) is 30.3 Å². The molecule has 0 unspecified atom stereocenters. The SMILES string of the molecule is O=C(NCC(=O)C(=O)[C@H](O)[C@@H](O)[C@H](O)[C@H](O)CO)OCc1ccccc1. The number of benzene rings is 1. The van der Waals surface area contributed by atoms with Crippen molar-refractivity contribution in [3.63, 3.8) is 0 Å². The fourth-order valence-corrected chi connectivity index (χ4v) is 1.86. The quantitative estimate of drug-likeness (QED) is 0.243. The molecule has 0 saturated heterocycles. The van der Waals surface area contributed by atoms with Crippen LogP contribution in [0.25, 0.3) is 0 Å². The Morgan fingerprint density at radius 2 is 1.62 bits per heavy atom. The van der Waals surface area contributed by atoms with Crippen LogP contribution in [0.1, 0.15) is 5.56 Å². The average molecular weight is 371 g/mol. The molecule has 0 bridgehead atoms. The second-order valence-electron chi connectivity index (χ2n) is 5.38. The molecule has 0 aliphatic carbocycles. The van der Waals surface area contributed by atoms with Crippen LogP contribution < -0.4 is 5.32 Å². The third-order valence-electron chi connectivity index (χ3n) is 3.40. The number of aliphatic hydroxyl groups excluding tert-OH is 5. The lowest BCUT2D eigenvalue weighted by Gasteiger charge is -2.24. The van der Waals surface area contributed by atoms with Gasteiger partial charge in [-0.15, -0.1) is 0 Å². The zero-order valence-corrected chi connectivity index (χ0v) is 13.7. The van der Waals surface area contributed by atoms with Gasteiger partial charge in [0.2, 0.25) is 11.6 Å². The number of aliphatic hydroxyl groups is 5. The first-order chi connectivity index (χ1) is 12.3. The number of carbonyl (C=O) groups excluding carboxylic acids is 3. The maximum atomic E-state index is 11.7. The van der Waals surface area contributed by atoms with Crippen molar-refractivity contribution in [2.24, 2.45) is 0 Å². The molecule has 10 nitrogen and oxygen atoms in total. The van der Waals surface area contributed by atoms with E-state index in [2.05, 4.69) is 0 Å². The van der Waals surface area contributed by atoms with Crippen molar-refractivity contribution >= 4 is 17.7 Å². The maximum Gasteiger partial charge on any atom is 0.407 e. The Hall–Kier alpha value is -2.37. The lowest BCUT2D eigenvalue weighted by atomic mass is 9.98. The van der Waals surface area contributed by atoms with Gasteiger partial charge in [0.1, 0.15) is 31.0 Å². The Morgan fingerprint density at radius 1 is 1.00 bits per heavy atom. The van der Waals surface area contributed by atoms with Crippen LogP contribution >= 0.6 is 0 Å². The van der Waals surface area contributed by atoms with E-state index in [1.807, 2.05) is 5.32 Å². The maximum absolute atomic E-state index is 11.7. The molecule has 1 aromatic carbocycles. The minimum atomic E-state index is -2.33. The predicted octanol–water partition coefficient (Wildman–Crippen LogP) is -2.51. The van der Waals surface area contributed by atoms with Crippen LogP contribution in [0.2, 0.25) is 0 Å². The first-order valence-corrected chi connectivity index (χ1v) is 7.62. The van der Waals surface area contributed by atoms with E-state index in [4.69, 9.17) is 14.9 Å². The number of hydrogen-bond acceptors (Lipinski definition) is 9. The summed E-state index contributed by atoms with van der Waals surface area (Å²) in [5.41, 5.74) is 0.708. The highest BCUT2D eigenvalue weighted by atomic mass is 16.5. The molecule has 0 aliphatic heterocycles. The van der Waals surface area contributed by atoms with Crippen molar-refractivity contribution in [3.8, 4) is 0 Å². The monoisotopic (exact) mass is 371 g/mol. The van der Waals surface area contributed by atoms with Gasteiger partial charge in [-0.2, -0.15) is 0 Å². The topological polar surface area (TPSA) is 174 Å². The van der Waals surface area contributed by atoms with Crippen LogP contribution in [-0.4, -0.2) is 80.8 Å². The van der Waals surface area contributed by atoms with E-state index in [9.17, 15) is 29.7 Å². The minimum Gasteiger partial charge on any atom is -0.445 e. The summed E-state index contributed by atoms with van der Waals surface area (Å²) in [4.78, 5) is 34.8. The highest BCUT2D eigenvalue weighted by Gasteiger charge is 2.36. The molecular formula is C16H21NO9. The van der Waals surface area contributed by atoms with Crippen molar-refractivity contribution in [1.29, 1.82) is 0 Å². The third-order valence-corrected chi connectivity index (χ3v) is 3.40. The van der Waals surface area contributed by atoms with Crippen LogP contribution in [0.4, 0.5) is 4.79 Å². The minimum absolute atomic E-state index is 0.0542. The van der Waals surface area contributed by atoms with E-state index in [1.54, 1.807) is 30.3 Å². The number of alkyl carbamates (subject to hydrolysis) is 1. The summed E-state index contributed by atoms with van der Waals surface area (Å²) >= 11 is 0. The molecule has 1 rings (SSSR count). The number of carbonyl (C=O) groups is 3. The van der Waals surface area contributed by atoms with Gasteiger partial charge in [0, 0.05) is 0 Å². The molecule has 26 heavy (non-hydrogen) atoms. The van der Waals surface area contributed by atoms with E-state index in [0.717, 1.165) is 0 Å². The van der Waals surface area contributed by atoms with Crippen molar-refractivity contribution < 1.29 is 44.7 Å². The number of ether oxygens (including phenoxy) is 1. The summed E-state index contributed by atoms with van der Waals surface area (Å²) in [6.45, 7) is -1.78. The standard InChI is InChI=1S/C16H21NO9/c18-7-11(20)13(22)15(24)14(23)12(21)10(19)6-17-16(25)26-8-9-4-2-1-3-5-9/h1-5,11,13-15,18,20,22-24H,6-8H2,(H,17,25)/t11-,13-,14+,15+/m1/s1. The Kier molecular flexibility index (Phi) is 8.82. The second-order valence-corrected chi connectivity index (χ2v) is 5.38. The van der Waals surface area contributed by atoms with Gasteiger partial charge < -0.3 is 35.6 Å². The molecule has 10 heteroatoms. The van der Waals surface area contributed by atoms with Crippen molar-refractivity contribution in [2.75, 3.05) is 13.2 Å². The van der Waals surface area contributed by atoms with Crippen LogP contribution in [-0.2, 0) is 20.9 Å². The average Bonchev–Trinajstić information content (AvgIpc) is 2.68. The lowest BCUT2D eigenvalue weighted by Crippen LogP contribution is -2.51. The Morgan fingerprint density at radius 3 is 2.19 bits per heavy atom. The van der Waals surface area contributed by atoms with Gasteiger partial charge in [0.15, 0.2) is 0 Å². The fourth-order valence-electron chi connectivity index (χ4n) is 1.86. The number of Topliss-reactive ketones (excluding diaryl/α,β-unsaturated/α-hetero) is 2. The summed E-state index contributed by atoms with van der Waals surface area (Å²) in [5.74, 6) is -2.73. The van der Waals surface area contributed by atoms with Crippen LogP contribution in [0.15, 0.2) is 30.3 Å². The second kappa shape index (κ2) is 10.6. The van der Waals surface area contributed by atoms with Gasteiger partial charge in [-0.3, -0.25) is 9.59 Å². The molecule has 4 atom stereocenters. The zero-order chi connectivity index (χ0) is 19.7. The number of hydrogen-bond donors (Lipinski definition) is 6. The van der Waals surface area contributed by atoms with Gasteiger partial charge in [-0.25, -0.2) is 4.79 Å². The number of rotatable bonds is 10. The Bertz CT molecular complexity index is 607. The van der Waals surface area contributed by atoms with Gasteiger partial charge >= 0.3 is 6.09 Å². The summed E-state index contributed by atoms with van der Waals surface area (Å²) in [6.07, 6.45) is -9.36. The summed E-state index contributed by atoms with van der Waals surface area (Å²) in [7, 11) is 0. The Balaban J connectivity index is 2.43. The molecule has 0 saturated carbocycles. The summed E-state index contributed by atoms with van der Waals surface area (Å²) < 4.78 is 4.82. The van der Waals surface area contributed by atoms with Crippen molar-refractivity contribution in [2.45, 2.75) is 31.0 Å². The first kappa shape index (κ1) is 21.7. The van der Waals surface area contributed by atoms with Crippen LogP contribution in [0.5, 0.6) is 0 Å². The molecular weight excluding hydrogens is 350 g/mol. The molecule has 144 valence electrons. The highest BCUT2D eigenvalue weighted by molar-refractivity contribution is 6.40. The summed E-state index contributed by atoms with van der Waals surface area (Å²) in [6, 6.07) is 8.70. The van der Waals surface area contributed by atoms with E-state index in [0.29, 0.717) is 5.56 Å². The molecule has 0 heterocycles. The summed E-state index contributed by atoms with van der Waals surface area (Å²) in [5, 5.41) is 48.3. The number of nitrogens with one attached hydrogen (secondary N) is 1. The van der Waals surface area contributed by atoms with E-state index < -0.39 is 55.2 Å². The normalized spacial score (nSPS) is 15.4. The lowest BCUT2D eigenvalue weighted by molar-refractivity contribution is -0.153. The van der Waals surface area contributed by atoms with Crippen molar-refractivity contribution in [3.05, 3.63) is 35.9 Å². The molecule has 0 aliphatic rings. The highest BCUT2D eigenvalue weighted by Crippen LogP contribution is 2.06. The Labute approximate surface area is 148 Å². The third kappa shape index (κ3) is 6.50. The number of ketones is 2. The van der Waals surface area contributed by atoms with E-state index in [1.165, 1.54) is 0 Å².